The zero-order chi connectivity index (χ0) is 18.2. The summed E-state index contributed by atoms with van der Waals surface area (Å²) >= 11 is 0. The maximum atomic E-state index is 12.6. The number of carbonyl (C=O) groups is 2. The van der Waals surface area contributed by atoms with E-state index >= 15 is 0 Å². The molecule has 0 aromatic heterocycles. The van der Waals surface area contributed by atoms with E-state index in [-0.39, 0.29) is 17.4 Å². The Bertz CT molecular complexity index is 619. The number of cyclic esters (lactones) is 1. The van der Waals surface area contributed by atoms with Gasteiger partial charge in [0.25, 0.3) is 0 Å². The van der Waals surface area contributed by atoms with Crippen LogP contribution in [0.3, 0.4) is 0 Å². The van der Waals surface area contributed by atoms with Crippen molar-refractivity contribution in [3.8, 4) is 0 Å². The van der Waals surface area contributed by atoms with E-state index in [1.807, 2.05) is 6.08 Å². The number of hydrogen-bond donors (Lipinski definition) is 0. The summed E-state index contributed by atoms with van der Waals surface area (Å²) in [5.41, 5.74) is 1.70. The maximum absolute atomic E-state index is 12.6. The Kier molecular flexibility index (Phi) is 4.82. The fourth-order valence-corrected chi connectivity index (χ4v) is 5.86. The lowest BCUT2D eigenvalue weighted by atomic mass is 9.46. The molecule has 1 aliphatic heterocycles. The van der Waals surface area contributed by atoms with Crippen LogP contribution in [0.25, 0.3) is 0 Å². The highest BCUT2D eigenvalue weighted by molar-refractivity contribution is 5.90. The third-order valence-electron chi connectivity index (χ3n) is 7.18. The van der Waals surface area contributed by atoms with Crippen molar-refractivity contribution in [2.45, 2.75) is 58.8 Å². The molecule has 4 nitrogen and oxygen atoms in total. The standard InChI is InChI=1S/C21H30O4/c1-14-6-9-17-20(2,11-5-12-21(17,3)19(23)24-4)16(14)8-7-15-10-13-25-18(15)22/h10,16-17H,1,5-9,11-13H2,2-4H3/t16-,17-,20+,21-/m0/s1. The van der Waals surface area contributed by atoms with Gasteiger partial charge in [0.15, 0.2) is 0 Å². The van der Waals surface area contributed by atoms with Crippen LogP contribution in [0.5, 0.6) is 0 Å². The molecule has 0 N–H and O–H groups in total. The Balaban J connectivity index is 1.84. The summed E-state index contributed by atoms with van der Waals surface area (Å²) in [6.45, 7) is 9.17. The van der Waals surface area contributed by atoms with Gasteiger partial charge in [-0.3, -0.25) is 4.79 Å². The number of rotatable bonds is 4. The first-order valence-corrected chi connectivity index (χ1v) is 9.45. The van der Waals surface area contributed by atoms with E-state index in [1.54, 1.807) is 0 Å². The van der Waals surface area contributed by atoms with Crippen LogP contribution < -0.4 is 0 Å². The molecule has 4 heteroatoms. The predicted molar refractivity (Wildman–Crippen MR) is 95.7 cm³/mol. The van der Waals surface area contributed by atoms with E-state index in [0.29, 0.717) is 18.4 Å². The van der Waals surface area contributed by atoms with Crippen molar-refractivity contribution >= 4 is 11.9 Å². The molecule has 0 amide bonds. The minimum atomic E-state index is -0.410. The van der Waals surface area contributed by atoms with Crippen LogP contribution in [0.15, 0.2) is 23.8 Å². The van der Waals surface area contributed by atoms with Crippen molar-refractivity contribution < 1.29 is 19.1 Å². The van der Waals surface area contributed by atoms with Gasteiger partial charge in [-0.1, -0.05) is 25.5 Å². The van der Waals surface area contributed by atoms with Crippen LogP contribution in [0.4, 0.5) is 0 Å². The highest BCUT2D eigenvalue weighted by Crippen LogP contribution is 2.62. The van der Waals surface area contributed by atoms with Crippen LogP contribution in [0.2, 0.25) is 0 Å². The van der Waals surface area contributed by atoms with Gasteiger partial charge in [-0.25, -0.2) is 4.79 Å². The van der Waals surface area contributed by atoms with Gasteiger partial charge in [0, 0.05) is 5.57 Å². The Labute approximate surface area is 150 Å². The summed E-state index contributed by atoms with van der Waals surface area (Å²) in [6, 6.07) is 0. The van der Waals surface area contributed by atoms with Crippen molar-refractivity contribution in [3.05, 3.63) is 23.8 Å². The van der Waals surface area contributed by atoms with Crippen LogP contribution >= 0.6 is 0 Å². The molecule has 4 atom stereocenters. The highest BCUT2D eigenvalue weighted by atomic mass is 16.5. The fraction of sp³-hybridized carbons (Fsp3) is 0.714. The topological polar surface area (TPSA) is 52.6 Å². The van der Waals surface area contributed by atoms with Crippen LogP contribution in [-0.4, -0.2) is 25.7 Å². The zero-order valence-electron chi connectivity index (χ0n) is 15.7. The van der Waals surface area contributed by atoms with Gasteiger partial charge in [0.05, 0.1) is 12.5 Å². The fourth-order valence-electron chi connectivity index (χ4n) is 5.86. The third kappa shape index (κ3) is 2.94. The van der Waals surface area contributed by atoms with E-state index in [2.05, 4.69) is 20.4 Å². The molecule has 0 unspecified atom stereocenters. The van der Waals surface area contributed by atoms with Crippen LogP contribution in [0, 0.1) is 22.7 Å². The molecule has 0 radical (unpaired) electrons. The summed E-state index contributed by atoms with van der Waals surface area (Å²) in [5.74, 6) is 0.397. The molecule has 0 bridgehead atoms. The molecule has 25 heavy (non-hydrogen) atoms. The molecule has 0 aromatic carbocycles. The van der Waals surface area contributed by atoms with Crippen LogP contribution in [-0.2, 0) is 19.1 Å². The second-order valence-electron chi connectivity index (χ2n) is 8.44. The average Bonchev–Trinajstić information content (AvgIpc) is 2.98. The molecule has 3 aliphatic rings. The minimum Gasteiger partial charge on any atom is -0.469 e. The summed E-state index contributed by atoms with van der Waals surface area (Å²) in [5, 5.41) is 0. The second-order valence-corrected chi connectivity index (χ2v) is 8.44. The van der Waals surface area contributed by atoms with Gasteiger partial charge in [-0.15, -0.1) is 0 Å². The Morgan fingerprint density at radius 3 is 2.80 bits per heavy atom. The predicted octanol–water partition coefficient (Wildman–Crippen LogP) is 4.20. The molecule has 0 aromatic rings. The van der Waals surface area contributed by atoms with Crippen molar-refractivity contribution in [2.24, 2.45) is 22.7 Å². The lowest BCUT2D eigenvalue weighted by molar-refractivity contribution is -0.168. The van der Waals surface area contributed by atoms with Gasteiger partial charge in [0.1, 0.15) is 6.61 Å². The summed E-state index contributed by atoms with van der Waals surface area (Å²) in [7, 11) is 1.50. The molecular formula is C21H30O4. The molecule has 3 rings (SSSR count). The summed E-state index contributed by atoms with van der Waals surface area (Å²) in [4.78, 5) is 24.3. The number of allylic oxidation sites excluding steroid dienone is 1. The summed E-state index contributed by atoms with van der Waals surface area (Å²) < 4.78 is 10.2. The van der Waals surface area contributed by atoms with E-state index < -0.39 is 5.41 Å². The highest BCUT2D eigenvalue weighted by Gasteiger charge is 2.57. The first kappa shape index (κ1) is 18.2. The minimum absolute atomic E-state index is 0.0413. The number of carbonyl (C=O) groups excluding carboxylic acids is 2. The first-order valence-electron chi connectivity index (χ1n) is 9.45. The molecule has 0 saturated heterocycles. The molecule has 1 heterocycles. The van der Waals surface area contributed by atoms with Crippen molar-refractivity contribution in [1.82, 2.24) is 0 Å². The first-order chi connectivity index (χ1) is 11.8. The number of methoxy groups -OCH3 is 1. The van der Waals surface area contributed by atoms with E-state index in [4.69, 9.17) is 9.47 Å². The van der Waals surface area contributed by atoms with Crippen molar-refractivity contribution in [3.63, 3.8) is 0 Å². The molecule has 2 aliphatic carbocycles. The quantitative estimate of drug-likeness (QED) is 0.565. The normalized spacial score (nSPS) is 38.0. The van der Waals surface area contributed by atoms with Crippen molar-refractivity contribution in [1.29, 1.82) is 0 Å². The number of hydrogen-bond acceptors (Lipinski definition) is 4. The SMILES string of the molecule is C=C1CC[C@H]2[C@](C)(CCC[C@]2(C)C(=O)OC)[C@H]1CCC1=CCOC1=O. The largest absolute Gasteiger partial charge is 0.469 e. The Morgan fingerprint density at radius 1 is 1.40 bits per heavy atom. The molecule has 2 saturated carbocycles. The van der Waals surface area contributed by atoms with Gasteiger partial charge < -0.3 is 9.47 Å². The smallest absolute Gasteiger partial charge is 0.334 e. The summed E-state index contributed by atoms with van der Waals surface area (Å²) in [6.07, 6.45) is 8.54. The second kappa shape index (κ2) is 6.62. The van der Waals surface area contributed by atoms with E-state index in [9.17, 15) is 9.59 Å². The number of ether oxygens (including phenoxy) is 2. The van der Waals surface area contributed by atoms with E-state index in [1.165, 1.54) is 12.7 Å². The van der Waals surface area contributed by atoms with E-state index in [0.717, 1.165) is 50.5 Å². The molecular weight excluding hydrogens is 316 g/mol. The Hall–Kier alpha value is -1.58. The monoisotopic (exact) mass is 346 g/mol. The Morgan fingerprint density at radius 2 is 2.16 bits per heavy atom. The third-order valence-corrected chi connectivity index (χ3v) is 7.18. The number of fused-ring (bicyclic) bond motifs is 1. The van der Waals surface area contributed by atoms with Gasteiger partial charge in [-0.2, -0.15) is 0 Å². The average molecular weight is 346 g/mol. The maximum Gasteiger partial charge on any atom is 0.334 e. The zero-order valence-corrected chi connectivity index (χ0v) is 15.7. The van der Waals surface area contributed by atoms with Gasteiger partial charge in [0.2, 0.25) is 0 Å². The van der Waals surface area contributed by atoms with Gasteiger partial charge >= 0.3 is 11.9 Å². The van der Waals surface area contributed by atoms with Crippen molar-refractivity contribution in [2.75, 3.05) is 13.7 Å². The molecule has 2 fully saturated rings. The molecule has 0 spiro atoms. The lowest BCUT2D eigenvalue weighted by Crippen LogP contribution is -2.53. The van der Waals surface area contributed by atoms with Gasteiger partial charge in [-0.05, 0) is 68.8 Å². The number of esters is 2. The molecule has 138 valence electrons. The lowest BCUT2D eigenvalue weighted by Gasteiger charge is -2.57. The van der Waals surface area contributed by atoms with Crippen LogP contribution in [0.1, 0.15) is 58.8 Å².